The van der Waals surface area contributed by atoms with Gasteiger partial charge in [-0.3, -0.25) is 10.1 Å². The average molecular weight is 290 g/mol. The van der Waals surface area contributed by atoms with Gasteiger partial charge < -0.3 is 5.84 Å². The van der Waals surface area contributed by atoms with Gasteiger partial charge in [0.1, 0.15) is 6.07 Å². The fourth-order valence-corrected chi connectivity index (χ4v) is 2.36. The molecular formula is C11H10N6O2S. The van der Waals surface area contributed by atoms with Crippen molar-refractivity contribution in [3.63, 3.8) is 0 Å². The largest absolute Gasteiger partial charge is 0.336 e. The zero-order chi connectivity index (χ0) is 14.7. The van der Waals surface area contributed by atoms with Crippen molar-refractivity contribution in [2.75, 3.05) is 5.84 Å². The minimum absolute atomic E-state index is 0.130. The van der Waals surface area contributed by atoms with Gasteiger partial charge in [0.05, 0.1) is 10.5 Å². The molecule has 0 atom stereocenters. The minimum Gasteiger partial charge on any atom is -0.336 e. The van der Waals surface area contributed by atoms with E-state index in [9.17, 15) is 10.1 Å². The molecule has 1 aromatic carbocycles. The van der Waals surface area contributed by atoms with E-state index in [1.54, 1.807) is 0 Å². The molecule has 0 aliphatic heterocycles. The molecule has 2 rings (SSSR count). The summed E-state index contributed by atoms with van der Waals surface area (Å²) in [6, 6.07) is 5.99. The second kappa shape index (κ2) is 5.58. The number of aryl methyl sites for hydroxylation is 1. The first-order valence-electron chi connectivity index (χ1n) is 5.62. The van der Waals surface area contributed by atoms with Crippen LogP contribution in [0.5, 0.6) is 0 Å². The SMILES string of the molecule is CCc1nnc(Sc2ccc([N+](=O)[O-])cc2C#N)n1N. The smallest absolute Gasteiger partial charge is 0.270 e. The summed E-state index contributed by atoms with van der Waals surface area (Å²) in [5.41, 5.74) is 0.0691. The Hall–Kier alpha value is -2.60. The highest BCUT2D eigenvalue weighted by Gasteiger charge is 2.15. The predicted molar refractivity (Wildman–Crippen MR) is 71.5 cm³/mol. The second-order valence-electron chi connectivity index (χ2n) is 3.77. The molecule has 2 N–H and O–H groups in total. The van der Waals surface area contributed by atoms with E-state index in [2.05, 4.69) is 10.2 Å². The van der Waals surface area contributed by atoms with E-state index in [0.29, 0.717) is 22.3 Å². The van der Waals surface area contributed by atoms with Crippen LogP contribution >= 0.6 is 11.8 Å². The second-order valence-corrected chi connectivity index (χ2v) is 4.78. The normalized spacial score (nSPS) is 10.2. The number of rotatable bonds is 4. The zero-order valence-corrected chi connectivity index (χ0v) is 11.3. The number of hydrogen-bond acceptors (Lipinski definition) is 7. The highest BCUT2D eigenvalue weighted by molar-refractivity contribution is 7.99. The van der Waals surface area contributed by atoms with Gasteiger partial charge in [-0.05, 0) is 17.8 Å². The van der Waals surface area contributed by atoms with E-state index in [1.165, 1.54) is 22.9 Å². The van der Waals surface area contributed by atoms with Gasteiger partial charge in [-0.15, -0.1) is 10.2 Å². The molecule has 8 nitrogen and oxygen atoms in total. The Morgan fingerprint density at radius 3 is 2.85 bits per heavy atom. The number of nitrogens with two attached hydrogens (primary N) is 1. The van der Waals surface area contributed by atoms with Crippen LogP contribution in [0.25, 0.3) is 0 Å². The number of benzene rings is 1. The molecule has 0 saturated carbocycles. The summed E-state index contributed by atoms with van der Waals surface area (Å²) >= 11 is 1.14. The van der Waals surface area contributed by atoms with Gasteiger partial charge in [0.15, 0.2) is 5.82 Å². The highest BCUT2D eigenvalue weighted by Crippen LogP contribution is 2.30. The van der Waals surface area contributed by atoms with Crippen LogP contribution in [0.15, 0.2) is 28.3 Å². The fraction of sp³-hybridized carbons (Fsp3) is 0.182. The van der Waals surface area contributed by atoms with Crippen molar-refractivity contribution >= 4 is 17.4 Å². The first kappa shape index (κ1) is 13.8. The zero-order valence-electron chi connectivity index (χ0n) is 10.5. The molecule has 20 heavy (non-hydrogen) atoms. The minimum atomic E-state index is -0.546. The van der Waals surface area contributed by atoms with Gasteiger partial charge in [0.2, 0.25) is 5.16 Å². The number of nitriles is 1. The summed E-state index contributed by atoms with van der Waals surface area (Å²) < 4.78 is 1.34. The summed E-state index contributed by atoms with van der Waals surface area (Å²) in [4.78, 5) is 10.7. The Labute approximate surface area is 118 Å². The molecule has 0 saturated heterocycles. The van der Waals surface area contributed by atoms with E-state index in [4.69, 9.17) is 11.1 Å². The lowest BCUT2D eigenvalue weighted by atomic mass is 10.2. The number of nitro benzene ring substituents is 1. The first-order valence-corrected chi connectivity index (χ1v) is 6.44. The Kier molecular flexibility index (Phi) is 3.86. The van der Waals surface area contributed by atoms with Gasteiger partial charge in [-0.25, -0.2) is 4.68 Å². The standard InChI is InChI=1S/C11H10N6O2S/c1-2-10-14-15-11(16(10)13)20-9-4-3-8(17(18)19)5-7(9)6-12/h3-5H,2,13H2,1H3. The molecule has 102 valence electrons. The molecule has 0 aliphatic carbocycles. The van der Waals surface area contributed by atoms with Crippen LogP contribution in [0.3, 0.4) is 0 Å². The maximum atomic E-state index is 10.7. The Morgan fingerprint density at radius 2 is 2.30 bits per heavy atom. The Bertz CT molecular complexity index is 705. The van der Waals surface area contributed by atoms with E-state index < -0.39 is 4.92 Å². The molecule has 0 aliphatic rings. The van der Waals surface area contributed by atoms with Crippen LogP contribution in [0.2, 0.25) is 0 Å². The third-order valence-corrected chi connectivity index (χ3v) is 3.58. The van der Waals surface area contributed by atoms with Crippen molar-refractivity contribution in [3.8, 4) is 6.07 Å². The van der Waals surface area contributed by atoms with E-state index in [-0.39, 0.29) is 11.3 Å². The summed E-state index contributed by atoms with van der Waals surface area (Å²) in [6.45, 7) is 1.90. The van der Waals surface area contributed by atoms with Gasteiger partial charge in [-0.1, -0.05) is 6.92 Å². The van der Waals surface area contributed by atoms with Gasteiger partial charge >= 0.3 is 0 Å². The van der Waals surface area contributed by atoms with Crippen molar-refractivity contribution in [3.05, 3.63) is 39.7 Å². The van der Waals surface area contributed by atoms with Crippen molar-refractivity contribution in [1.82, 2.24) is 14.9 Å². The molecule has 1 heterocycles. The third kappa shape index (κ3) is 2.55. The summed E-state index contributed by atoms with van der Waals surface area (Å²) in [5.74, 6) is 6.43. The van der Waals surface area contributed by atoms with E-state index >= 15 is 0 Å². The van der Waals surface area contributed by atoms with Crippen molar-refractivity contribution in [2.45, 2.75) is 23.4 Å². The van der Waals surface area contributed by atoms with Crippen LogP contribution in [0.4, 0.5) is 5.69 Å². The maximum absolute atomic E-state index is 10.7. The number of aromatic nitrogens is 3. The first-order chi connectivity index (χ1) is 9.56. The molecular weight excluding hydrogens is 280 g/mol. The number of non-ortho nitro benzene ring substituents is 1. The topological polar surface area (TPSA) is 124 Å². The summed E-state index contributed by atoms with van der Waals surface area (Å²) in [6.07, 6.45) is 0.634. The van der Waals surface area contributed by atoms with Crippen LogP contribution in [-0.2, 0) is 6.42 Å². The lowest BCUT2D eigenvalue weighted by Crippen LogP contribution is -2.13. The number of nitrogens with zero attached hydrogens (tertiary/aromatic N) is 5. The lowest BCUT2D eigenvalue weighted by Gasteiger charge is -2.03. The molecule has 2 aromatic rings. The average Bonchev–Trinajstić information content (AvgIpc) is 2.79. The van der Waals surface area contributed by atoms with Crippen LogP contribution in [0.1, 0.15) is 18.3 Å². The maximum Gasteiger partial charge on any atom is 0.270 e. The molecule has 0 radical (unpaired) electrons. The third-order valence-electron chi connectivity index (χ3n) is 2.55. The molecule has 0 amide bonds. The molecule has 9 heteroatoms. The fourth-order valence-electron chi connectivity index (χ4n) is 1.52. The highest BCUT2D eigenvalue weighted by atomic mass is 32.2. The summed E-state index contributed by atoms with van der Waals surface area (Å²) in [7, 11) is 0. The number of hydrogen-bond donors (Lipinski definition) is 1. The summed E-state index contributed by atoms with van der Waals surface area (Å²) in [5, 5.41) is 28.0. The molecule has 0 spiro atoms. The van der Waals surface area contributed by atoms with Crippen molar-refractivity contribution < 1.29 is 4.92 Å². The van der Waals surface area contributed by atoms with Crippen LogP contribution in [-0.4, -0.2) is 19.8 Å². The predicted octanol–water partition coefficient (Wildman–Crippen LogP) is 1.49. The van der Waals surface area contributed by atoms with Crippen molar-refractivity contribution in [2.24, 2.45) is 0 Å². The lowest BCUT2D eigenvalue weighted by molar-refractivity contribution is -0.384. The quantitative estimate of drug-likeness (QED) is 0.513. The molecule has 0 bridgehead atoms. The monoisotopic (exact) mass is 290 g/mol. The number of nitrogen functional groups attached to an aromatic ring is 1. The van der Waals surface area contributed by atoms with Gasteiger partial charge in [-0.2, -0.15) is 5.26 Å². The molecule has 0 fully saturated rings. The van der Waals surface area contributed by atoms with Gasteiger partial charge in [0, 0.05) is 23.4 Å². The molecule has 1 aromatic heterocycles. The van der Waals surface area contributed by atoms with Crippen LogP contribution < -0.4 is 5.84 Å². The molecule has 0 unspecified atom stereocenters. The van der Waals surface area contributed by atoms with Gasteiger partial charge in [0.25, 0.3) is 5.69 Å². The van der Waals surface area contributed by atoms with E-state index in [0.717, 1.165) is 11.8 Å². The Balaban J connectivity index is 2.36. The van der Waals surface area contributed by atoms with E-state index in [1.807, 2.05) is 13.0 Å². The Morgan fingerprint density at radius 1 is 1.55 bits per heavy atom. The number of nitro groups is 1. The van der Waals surface area contributed by atoms with Crippen molar-refractivity contribution in [1.29, 1.82) is 5.26 Å². The van der Waals surface area contributed by atoms with Crippen LogP contribution in [0, 0.1) is 21.4 Å².